The van der Waals surface area contributed by atoms with Crippen LogP contribution in [0, 0.1) is 11.8 Å². The van der Waals surface area contributed by atoms with E-state index in [1.165, 1.54) is 347 Å². The summed E-state index contributed by atoms with van der Waals surface area (Å²) in [5.74, 6) is 0.395. The van der Waals surface area contributed by atoms with Gasteiger partial charge in [0, 0.05) is 0 Å². The van der Waals surface area contributed by atoms with Crippen molar-refractivity contribution in [2.24, 2.45) is 11.8 Å². The molecule has 0 aromatic carbocycles. The Kier molecular flexibility index (Phi) is 76.4. The van der Waals surface area contributed by atoms with E-state index in [0.29, 0.717) is 0 Å². The summed E-state index contributed by atoms with van der Waals surface area (Å²) >= 11 is 0. The first kappa shape index (κ1) is 86.2. The topological polar surface area (TPSA) is 133 Å². The molecule has 484 valence electrons. The van der Waals surface area contributed by atoms with E-state index in [1.54, 1.807) is 0 Å². The van der Waals surface area contributed by atoms with Crippen molar-refractivity contribution in [1.82, 2.24) is 0 Å². The summed E-state index contributed by atoms with van der Waals surface area (Å²) in [6.45, 7) is 9.25. The molecule has 8 nitrogen and oxygen atoms in total. The molecule has 11 heteroatoms. The summed E-state index contributed by atoms with van der Waals surface area (Å²) in [4.78, 5) is 0. The van der Waals surface area contributed by atoms with E-state index in [2.05, 4.69) is 36.1 Å². The van der Waals surface area contributed by atoms with E-state index in [1.807, 2.05) is 0 Å². The van der Waals surface area contributed by atoms with Gasteiger partial charge >= 0.3 is 37.7 Å². The van der Waals surface area contributed by atoms with Crippen molar-refractivity contribution >= 4 is 58.5 Å². The summed E-state index contributed by atoms with van der Waals surface area (Å²) in [7, 11) is -9.17. The third kappa shape index (κ3) is 81.0. The number of rotatable bonds is 68. The van der Waals surface area contributed by atoms with Crippen LogP contribution in [0.4, 0.5) is 0 Å². The van der Waals surface area contributed by atoms with Crippen LogP contribution in [-0.2, 0) is 29.2 Å². The second-order valence-corrected chi connectivity index (χ2v) is 27.5. The van der Waals surface area contributed by atoms with Crippen molar-refractivity contribution < 1.29 is 34.3 Å². The molecule has 0 N–H and O–H groups in total. The zero-order chi connectivity index (χ0) is 58.8. The van der Waals surface area contributed by atoms with Gasteiger partial charge in [-0.05, 0) is 37.5 Å². The van der Waals surface area contributed by atoms with Gasteiger partial charge in [0.05, 0.1) is 13.2 Å². The van der Waals surface area contributed by atoms with E-state index in [9.17, 15) is 25.9 Å². The van der Waals surface area contributed by atoms with Gasteiger partial charge in [0.2, 0.25) is 20.8 Å². The predicted molar refractivity (Wildman–Crippen MR) is 353 cm³/mol. The average Bonchev–Trinajstić information content (AvgIpc) is 3.43. The zero-order valence-corrected chi connectivity index (χ0v) is 59.0. The van der Waals surface area contributed by atoms with Crippen LogP contribution in [-0.4, -0.2) is 76.9 Å². The van der Waals surface area contributed by atoms with Crippen molar-refractivity contribution in [3.8, 4) is 0 Å². The third-order valence-electron chi connectivity index (χ3n) is 17.3. The predicted octanol–water partition coefficient (Wildman–Crippen LogP) is 24.0. The molecule has 0 bridgehead atoms. The maximum absolute atomic E-state index is 11.0. The van der Waals surface area contributed by atoms with Crippen LogP contribution in [0.15, 0.2) is 0 Å². The van der Waals surface area contributed by atoms with Crippen molar-refractivity contribution in [3.05, 3.63) is 0 Å². The average molecular weight is 1220 g/mol. The van der Waals surface area contributed by atoms with Crippen LogP contribution in [0.5, 0.6) is 0 Å². The van der Waals surface area contributed by atoms with E-state index >= 15 is 0 Å². The maximum Gasteiger partial charge on any atom is 2.00 e. The van der Waals surface area contributed by atoms with Crippen LogP contribution >= 0.6 is 0 Å². The van der Waals surface area contributed by atoms with E-state index in [4.69, 9.17) is 0 Å². The zero-order valence-electron chi connectivity index (χ0n) is 55.2. The van der Waals surface area contributed by atoms with Gasteiger partial charge in [-0.1, -0.05) is 400 Å². The standard InChI is InChI=1S/2C35H72O4S.Ca/c2*1-3-5-7-9-11-13-15-17-18-19-21-23-25-27-29-31-33-35(34-39-40(36,37)38)32-30-28-26-24-22-20-16-14-12-10-8-6-4-2;/h2*35H,3-34H2,1-2H3,(H,36,37,38);/q;;+2/p-2. The summed E-state index contributed by atoms with van der Waals surface area (Å²) in [6.07, 6.45) is 81.9. The molecule has 0 fully saturated rings. The van der Waals surface area contributed by atoms with E-state index in [-0.39, 0.29) is 62.8 Å². The van der Waals surface area contributed by atoms with Crippen LogP contribution in [0.2, 0.25) is 0 Å². The SMILES string of the molecule is CCCCCCCCCCCCCCCCCCC(CCCCCCCCCCCCCCC)COS(=O)(=O)[O-].CCCCCCCCCCCCCCCCCCC(CCCCCCCCCCCCCCC)COS(=O)(=O)[O-].[Ca+2]. The Hall–Kier alpha value is 1.000. The van der Waals surface area contributed by atoms with E-state index < -0.39 is 20.8 Å². The fourth-order valence-corrected chi connectivity index (χ4v) is 12.6. The molecule has 0 saturated heterocycles. The first-order valence-electron chi connectivity index (χ1n) is 36.2. The Bertz CT molecular complexity index is 1270. The van der Waals surface area contributed by atoms with Crippen LogP contribution < -0.4 is 0 Å². The first-order valence-corrected chi connectivity index (χ1v) is 38.9. The summed E-state index contributed by atoms with van der Waals surface area (Å²) in [6, 6.07) is 0. The molecule has 0 aromatic heterocycles. The van der Waals surface area contributed by atoms with Gasteiger partial charge in [-0.15, -0.1) is 0 Å². The number of hydrogen-bond donors (Lipinski definition) is 0. The largest absolute Gasteiger partial charge is 2.00 e. The molecule has 81 heavy (non-hydrogen) atoms. The molecule has 0 radical (unpaired) electrons. The van der Waals surface area contributed by atoms with Gasteiger partial charge < -0.3 is 9.11 Å². The summed E-state index contributed by atoms with van der Waals surface area (Å²) in [5, 5.41) is 0. The van der Waals surface area contributed by atoms with Crippen molar-refractivity contribution in [2.75, 3.05) is 13.2 Å². The van der Waals surface area contributed by atoms with Crippen LogP contribution in [0.3, 0.4) is 0 Å². The normalized spacial score (nSPS) is 12.6. The second-order valence-electron chi connectivity index (χ2n) is 25.4. The van der Waals surface area contributed by atoms with Gasteiger partial charge in [-0.2, -0.15) is 0 Å². The van der Waals surface area contributed by atoms with Crippen molar-refractivity contribution in [2.45, 2.75) is 426 Å². The molecule has 0 heterocycles. The first-order chi connectivity index (χ1) is 39.0. The van der Waals surface area contributed by atoms with E-state index in [0.717, 1.165) is 51.4 Å². The summed E-state index contributed by atoms with van der Waals surface area (Å²) in [5.41, 5.74) is 0. The molecular weight excluding hydrogens is 1070 g/mol. The second kappa shape index (κ2) is 71.8. The Morgan fingerprint density at radius 2 is 0.333 bits per heavy atom. The third-order valence-corrected chi connectivity index (χ3v) is 18.1. The van der Waals surface area contributed by atoms with Gasteiger partial charge in [-0.3, -0.25) is 8.37 Å². The van der Waals surface area contributed by atoms with Crippen LogP contribution in [0.25, 0.3) is 0 Å². The molecule has 0 aliphatic rings. The molecule has 0 rings (SSSR count). The fourth-order valence-electron chi connectivity index (χ4n) is 11.8. The van der Waals surface area contributed by atoms with Gasteiger partial charge in [0.1, 0.15) is 0 Å². The smallest absolute Gasteiger partial charge is 0.726 e. The van der Waals surface area contributed by atoms with Crippen LogP contribution in [0.1, 0.15) is 426 Å². The van der Waals surface area contributed by atoms with Gasteiger partial charge in [0.25, 0.3) is 0 Å². The minimum Gasteiger partial charge on any atom is -0.726 e. The molecule has 0 aliphatic carbocycles. The molecule has 0 aliphatic heterocycles. The molecule has 0 spiro atoms. The van der Waals surface area contributed by atoms with Gasteiger partial charge in [-0.25, -0.2) is 16.8 Å². The van der Waals surface area contributed by atoms with Crippen molar-refractivity contribution in [1.29, 1.82) is 0 Å². The quantitative estimate of drug-likeness (QED) is 0.0254. The minimum absolute atomic E-state index is 0. The fraction of sp³-hybridized carbons (Fsp3) is 1.00. The van der Waals surface area contributed by atoms with Crippen molar-refractivity contribution in [3.63, 3.8) is 0 Å². The molecule has 0 saturated carbocycles. The number of unbranched alkanes of at least 4 members (excludes halogenated alkanes) is 54. The summed E-state index contributed by atoms with van der Waals surface area (Å²) < 4.78 is 75.1. The minimum atomic E-state index is -4.59. The molecule has 0 amide bonds. The molecule has 0 aromatic rings. The monoisotopic (exact) mass is 1210 g/mol. The molecular formula is C70H142CaO8S2. The Morgan fingerprint density at radius 3 is 0.444 bits per heavy atom. The molecule has 2 unspecified atom stereocenters. The van der Waals surface area contributed by atoms with Gasteiger partial charge in [0.15, 0.2) is 0 Å². The Morgan fingerprint density at radius 1 is 0.222 bits per heavy atom. The Labute approximate surface area is 539 Å². The number of hydrogen-bond acceptors (Lipinski definition) is 8. The molecule has 2 atom stereocenters. The Balaban J connectivity index is -0.00000148. The maximum atomic E-state index is 11.0.